The zero-order valence-electron chi connectivity index (χ0n) is 25.3. The largest absolute Gasteiger partial charge is 0.497 e. The molecule has 0 bridgehead atoms. The summed E-state index contributed by atoms with van der Waals surface area (Å²) >= 11 is 0. The number of nitrogens with one attached hydrogen (secondary N) is 2. The minimum Gasteiger partial charge on any atom is -0.497 e. The van der Waals surface area contributed by atoms with E-state index in [9.17, 15) is 23.1 Å². The Morgan fingerprint density at radius 3 is 2.36 bits per heavy atom. The van der Waals surface area contributed by atoms with E-state index in [-0.39, 0.29) is 48.6 Å². The van der Waals surface area contributed by atoms with Crippen LogP contribution in [0, 0.1) is 5.92 Å². The number of likely N-dealkylation sites (N-methyl/N-ethyl adjacent to an activating group) is 1. The number of fused-ring (bicyclic) bond motifs is 2. The van der Waals surface area contributed by atoms with Crippen molar-refractivity contribution in [1.82, 2.24) is 9.21 Å². The third-order valence-corrected chi connectivity index (χ3v) is 9.60. The molecule has 0 unspecified atom stereocenters. The Labute approximate surface area is 261 Å². The molecule has 45 heavy (non-hydrogen) atoms. The molecule has 0 radical (unpaired) electrons. The second kappa shape index (κ2) is 13.2. The van der Waals surface area contributed by atoms with E-state index in [1.165, 1.54) is 41.6 Å². The summed E-state index contributed by atoms with van der Waals surface area (Å²) in [5, 5.41) is 15.4. The molecule has 240 valence electrons. The molecule has 2 aliphatic heterocycles. The number of aliphatic hydroxyl groups excluding tert-OH is 1. The first-order valence-electron chi connectivity index (χ1n) is 14.3. The Morgan fingerprint density at radius 1 is 1.04 bits per heavy atom. The van der Waals surface area contributed by atoms with Crippen LogP contribution in [0.15, 0.2) is 65.6 Å². The maximum Gasteiger partial charge on any atom is 0.323 e. The van der Waals surface area contributed by atoms with Crippen LogP contribution in [-0.4, -0.2) is 87.5 Å². The molecule has 0 aromatic heterocycles. The number of methoxy groups -OCH3 is 1. The lowest BCUT2D eigenvalue weighted by molar-refractivity contribution is 0.0387. The Morgan fingerprint density at radius 2 is 1.69 bits per heavy atom. The minimum absolute atomic E-state index is 0.0115. The van der Waals surface area contributed by atoms with Gasteiger partial charge in [0.1, 0.15) is 17.6 Å². The second-order valence-corrected chi connectivity index (χ2v) is 13.0. The minimum atomic E-state index is -3.87. The molecule has 3 aromatic carbocycles. The van der Waals surface area contributed by atoms with Gasteiger partial charge in [-0.1, -0.05) is 6.92 Å². The predicted octanol–water partition coefficient (Wildman–Crippen LogP) is 3.61. The van der Waals surface area contributed by atoms with E-state index in [4.69, 9.17) is 18.9 Å². The Hall–Kier alpha value is -4.53. The van der Waals surface area contributed by atoms with Gasteiger partial charge < -0.3 is 39.6 Å². The summed E-state index contributed by atoms with van der Waals surface area (Å²) < 4.78 is 50.1. The number of rotatable bonds is 9. The third kappa shape index (κ3) is 6.92. The van der Waals surface area contributed by atoms with Gasteiger partial charge in [-0.25, -0.2) is 13.2 Å². The number of carbonyl (C=O) groups is 2. The summed E-state index contributed by atoms with van der Waals surface area (Å²) in [4.78, 5) is 28.2. The fraction of sp³-hybridized carbons (Fsp3) is 0.355. The number of hydrogen-bond donors (Lipinski definition) is 3. The van der Waals surface area contributed by atoms with Gasteiger partial charge in [0, 0.05) is 37.0 Å². The van der Waals surface area contributed by atoms with Gasteiger partial charge in [-0.3, -0.25) is 4.79 Å². The van der Waals surface area contributed by atoms with Gasteiger partial charge in [0.15, 0.2) is 11.5 Å². The number of urea groups is 1. The van der Waals surface area contributed by atoms with Crippen LogP contribution >= 0.6 is 0 Å². The number of sulfonamides is 1. The van der Waals surface area contributed by atoms with Gasteiger partial charge in [-0.2, -0.15) is 4.31 Å². The van der Waals surface area contributed by atoms with Crippen molar-refractivity contribution in [3.63, 3.8) is 0 Å². The summed E-state index contributed by atoms with van der Waals surface area (Å²) in [6.45, 7) is 3.61. The number of ether oxygens (including phenoxy) is 4. The molecule has 2 aliphatic rings. The van der Waals surface area contributed by atoms with E-state index in [1.807, 2.05) is 6.92 Å². The average molecular weight is 641 g/mol. The van der Waals surface area contributed by atoms with Crippen molar-refractivity contribution in [1.29, 1.82) is 0 Å². The highest BCUT2D eigenvalue weighted by atomic mass is 32.2. The van der Waals surface area contributed by atoms with Crippen molar-refractivity contribution in [2.75, 3.05) is 51.3 Å². The molecule has 2 heterocycles. The van der Waals surface area contributed by atoms with E-state index in [0.717, 1.165) is 0 Å². The lowest BCUT2D eigenvalue weighted by atomic mass is 9.99. The third-order valence-electron chi connectivity index (χ3n) is 7.76. The molecule has 5 rings (SSSR count). The van der Waals surface area contributed by atoms with Gasteiger partial charge in [0.25, 0.3) is 5.91 Å². The summed E-state index contributed by atoms with van der Waals surface area (Å²) in [5.74, 6) is 1.16. The van der Waals surface area contributed by atoms with E-state index in [1.54, 1.807) is 49.4 Å². The quantitative estimate of drug-likeness (QED) is 0.318. The smallest absolute Gasteiger partial charge is 0.323 e. The van der Waals surface area contributed by atoms with Crippen LogP contribution in [0.4, 0.5) is 16.2 Å². The topological polar surface area (TPSA) is 156 Å². The maximum atomic E-state index is 13.8. The molecular formula is C31H36N4O9S. The highest BCUT2D eigenvalue weighted by Gasteiger charge is 2.35. The SMILES string of the molecule is COc1ccc(S(=O)(=O)N(C)C[C@H]2Oc3ccc(NC(=O)Nc4ccc5c(c4)OCO5)cc3C(=O)N([C@H](C)CO)C[C@H]2C)cc1. The predicted molar refractivity (Wildman–Crippen MR) is 166 cm³/mol. The lowest BCUT2D eigenvalue weighted by Crippen LogP contribution is -2.50. The fourth-order valence-electron chi connectivity index (χ4n) is 5.07. The number of anilines is 2. The van der Waals surface area contributed by atoms with Crippen molar-refractivity contribution >= 4 is 33.3 Å². The van der Waals surface area contributed by atoms with Crippen LogP contribution in [0.3, 0.4) is 0 Å². The molecule has 0 saturated carbocycles. The highest BCUT2D eigenvalue weighted by Crippen LogP contribution is 2.35. The van der Waals surface area contributed by atoms with Crippen molar-refractivity contribution in [3.05, 3.63) is 66.2 Å². The monoisotopic (exact) mass is 640 g/mol. The number of amides is 3. The van der Waals surface area contributed by atoms with E-state index in [0.29, 0.717) is 28.6 Å². The molecule has 3 aromatic rings. The molecule has 14 heteroatoms. The molecule has 0 fully saturated rings. The fourth-order valence-corrected chi connectivity index (χ4v) is 6.25. The highest BCUT2D eigenvalue weighted by molar-refractivity contribution is 7.89. The van der Waals surface area contributed by atoms with Crippen LogP contribution in [0.5, 0.6) is 23.0 Å². The molecule has 0 saturated heterocycles. The number of benzene rings is 3. The van der Waals surface area contributed by atoms with Crippen molar-refractivity contribution in [2.24, 2.45) is 5.92 Å². The number of carbonyl (C=O) groups excluding carboxylic acids is 2. The van der Waals surface area contributed by atoms with Crippen molar-refractivity contribution in [3.8, 4) is 23.0 Å². The maximum absolute atomic E-state index is 13.8. The zero-order valence-corrected chi connectivity index (χ0v) is 26.2. The van der Waals surface area contributed by atoms with Crippen molar-refractivity contribution in [2.45, 2.75) is 30.9 Å². The Bertz CT molecular complexity index is 1670. The molecule has 3 atom stereocenters. The first-order valence-corrected chi connectivity index (χ1v) is 15.7. The second-order valence-electron chi connectivity index (χ2n) is 10.9. The van der Waals surface area contributed by atoms with Gasteiger partial charge in [0.05, 0.1) is 36.8 Å². The van der Waals surface area contributed by atoms with Crippen LogP contribution < -0.4 is 29.6 Å². The summed E-state index contributed by atoms with van der Waals surface area (Å²) in [6.07, 6.45) is -0.656. The molecule has 0 spiro atoms. The van der Waals surface area contributed by atoms with E-state index >= 15 is 0 Å². The normalized spacial score (nSPS) is 18.4. The van der Waals surface area contributed by atoms with Crippen LogP contribution in [-0.2, 0) is 10.0 Å². The van der Waals surface area contributed by atoms with Crippen LogP contribution in [0.1, 0.15) is 24.2 Å². The number of hydrogen-bond acceptors (Lipinski definition) is 9. The first kappa shape index (κ1) is 31.9. The lowest BCUT2D eigenvalue weighted by Gasteiger charge is -2.38. The number of aliphatic hydroxyl groups is 1. The van der Waals surface area contributed by atoms with Crippen LogP contribution in [0.25, 0.3) is 0 Å². The van der Waals surface area contributed by atoms with Gasteiger partial charge in [-0.05, 0) is 61.5 Å². The molecular weight excluding hydrogens is 604 g/mol. The molecule has 13 nitrogen and oxygen atoms in total. The number of nitrogens with zero attached hydrogens (tertiary/aromatic N) is 2. The summed E-state index contributed by atoms with van der Waals surface area (Å²) in [5.41, 5.74) is 0.967. The zero-order chi connectivity index (χ0) is 32.3. The van der Waals surface area contributed by atoms with Gasteiger partial charge in [-0.15, -0.1) is 0 Å². The Balaban J connectivity index is 1.38. The van der Waals surface area contributed by atoms with Crippen molar-refractivity contribution < 1.29 is 42.1 Å². The van der Waals surface area contributed by atoms with E-state index < -0.39 is 34.1 Å². The van der Waals surface area contributed by atoms with Gasteiger partial charge >= 0.3 is 6.03 Å². The Kier molecular flexibility index (Phi) is 9.37. The molecule has 0 aliphatic carbocycles. The molecule has 3 N–H and O–H groups in total. The summed E-state index contributed by atoms with van der Waals surface area (Å²) in [7, 11) is -0.898. The van der Waals surface area contributed by atoms with Crippen LogP contribution in [0.2, 0.25) is 0 Å². The molecule has 3 amide bonds. The van der Waals surface area contributed by atoms with Gasteiger partial charge in [0.2, 0.25) is 16.8 Å². The standard InChI is InChI=1S/C31H36N4O9S/c1-19-15-35(20(2)17-36)30(37)25-13-21(32-31(38)33-22-6-12-27-28(14-22)43-18-42-27)5-11-26(25)44-29(19)16-34(3)45(39,40)24-9-7-23(41-4)8-10-24/h5-14,19-20,29,36H,15-18H2,1-4H3,(H2,32,33,38)/t19-,20-,29-/m1/s1. The van der Waals surface area contributed by atoms with E-state index in [2.05, 4.69) is 10.6 Å². The first-order chi connectivity index (χ1) is 21.5. The summed E-state index contributed by atoms with van der Waals surface area (Å²) in [6, 6.07) is 14.7. The average Bonchev–Trinajstić information content (AvgIpc) is 3.50.